The van der Waals surface area contributed by atoms with Crippen LogP contribution in [0.15, 0.2) is 48.5 Å². The van der Waals surface area contributed by atoms with Gasteiger partial charge in [0, 0.05) is 32.1 Å². The van der Waals surface area contributed by atoms with Crippen LogP contribution in [0.25, 0.3) is 0 Å². The molecule has 1 aliphatic heterocycles. The minimum Gasteiger partial charge on any atom is -0.488 e. The molecule has 0 saturated heterocycles. The van der Waals surface area contributed by atoms with Crippen LogP contribution in [-0.4, -0.2) is 43.0 Å². The molecule has 0 aliphatic carbocycles. The van der Waals surface area contributed by atoms with E-state index in [-0.39, 0.29) is 17.9 Å². The van der Waals surface area contributed by atoms with Gasteiger partial charge in [-0.2, -0.15) is 0 Å². The normalized spacial score (nSPS) is 15.1. The maximum absolute atomic E-state index is 12.2. The zero-order valence-corrected chi connectivity index (χ0v) is 15.7. The second kappa shape index (κ2) is 8.68. The molecule has 0 saturated carbocycles. The summed E-state index contributed by atoms with van der Waals surface area (Å²) in [7, 11) is 1.92. The van der Waals surface area contributed by atoms with Crippen LogP contribution in [0.5, 0.6) is 5.75 Å². The number of nitrogens with one attached hydrogen (secondary N) is 2. The van der Waals surface area contributed by atoms with Crippen LogP contribution < -0.4 is 15.4 Å². The van der Waals surface area contributed by atoms with Crippen molar-refractivity contribution in [1.29, 1.82) is 0 Å². The Morgan fingerprint density at radius 2 is 1.89 bits per heavy atom. The SMILES string of the molecule is CC(=O)Nc1ccc(CNC(=O)CN(C)C[C@@H]2Cc3ccccc3O2)cc1. The van der Waals surface area contributed by atoms with Crippen molar-refractivity contribution in [2.75, 3.05) is 25.5 Å². The fourth-order valence-electron chi connectivity index (χ4n) is 3.18. The quantitative estimate of drug-likeness (QED) is 0.787. The number of amides is 2. The van der Waals surface area contributed by atoms with Crippen molar-refractivity contribution in [3.05, 3.63) is 59.7 Å². The minimum atomic E-state index is -0.103. The smallest absolute Gasteiger partial charge is 0.234 e. The summed E-state index contributed by atoms with van der Waals surface area (Å²) >= 11 is 0. The molecule has 0 radical (unpaired) electrons. The lowest BCUT2D eigenvalue weighted by Crippen LogP contribution is -2.39. The summed E-state index contributed by atoms with van der Waals surface area (Å²) in [6, 6.07) is 15.5. The first kappa shape index (κ1) is 18.9. The lowest BCUT2D eigenvalue weighted by atomic mass is 10.1. The highest BCUT2D eigenvalue weighted by Crippen LogP contribution is 2.28. The van der Waals surface area contributed by atoms with Gasteiger partial charge in [-0.1, -0.05) is 30.3 Å². The van der Waals surface area contributed by atoms with Gasteiger partial charge in [0.2, 0.25) is 11.8 Å². The van der Waals surface area contributed by atoms with E-state index in [9.17, 15) is 9.59 Å². The molecule has 2 amide bonds. The number of benzene rings is 2. The molecule has 6 heteroatoms. The van der Waals surface area contributed by atoms with Crippen LogP contribution >= 0.6 is 0 Å². The van der Waals surface area contributed by atoms with Gasteiger partial charge in [-0.3, -0.25) is 14.5 Å². The Labute approximate surface area is 159 Å². The van der Waals surface area contributed by atoms with Crippen molar-refractivity contribution < 1.29 is 14.3 Å². The molecule has 0 fully saturated rings. The summed E-state index contributed by atoms with van der Waals surface area (Å²) in [5.41, 5.74) is 2.95. The number of para-hydroxylation sites is 1. The van der Waals surface area contributed by atoms with Crippen molar-refractivity contribution in [2.24, 2.45) is 0 Å². The molecule has 0 unspecified atom stereocenters. The van der Waals surface area contributed by atoms with Gasteiger partial charge in [-0.05, 0) is 36.4 Å². The van der Waals surface area contributed by atoms with E-state index in [2.05, 4.69) is 16.7 Å². The number of ether oxygens (including phenoxy) is 1. The van der Waals surface area contributed by atoms with E-state index in [4.69, 9.17) is 4.74 Å². The fraction of sp³-hybridized carbons (Fsp3) is 0.333. The van der Waals surface area contributed by atoms with E-state index in [1.165, 1.54) is 12.5 Å². The van der Waals surface area contributed by atoms with Gasteiger partial charge < -0.3 is 15.4 Å². The van der Waals surface area contributed by atoms with E-state index in [1.54, 1.807) is 0 Å². The molecule has 1 atom stereocenters. The van der Waals surface area contributed by atoms with Crippen LogP contribution in [0.4, 0.5) is 5.69 Å². The lowest BCUT2D eigenvalue weighted by Gasteiger charge is -2.20. The fourth-order valence-corrected chi connectivity index (χ4v) is 3.18. The molecule has 2 N–H and O–H groups in total. The Morgan fingerprint density at radius 1 is 1.15 bits per heavy atom. The highest BCUT2D eigenvalue weighted by molar-refractivity contribution is 5.88. The number of hydrogen-bond donors (Lipinski definition) is 2. The van der Waals surface area contributed by atoms with Crippen LogP contribution in [0.1, 0.15) is 18.1 Å². The number of anilines is 1. The second-order valence-electron chi connectivity index (χ2n) is 6.90. The van der Waals surface area contributed by atoms with E-state index in [0.717, 1.165) is 23.4 Å². The highest BCUT2D eigenvalue weighted by atomic mass is 16.5. The topological polar surface area (TPSA) is 70.7 Å². The molecule has 6 nitrogen and oxygen atoms in total. The average Bonchev–Trinajstić information content (AvgIpc) is 3.02. The Morgan fingerprint density at radius 3 is 2.59 bits per heavy atom. The molecular formula is C21H25N3O3. The lowest BCUT2D eigenvalue weighted by molar-refractivity contribution is -0.122. The Kier molecular flexibility index (Phi) is 6.08. The molecular weight excluding hydrogens is 342 g/mol. The van der Waals surface area contributed by atoms with Crippen molar-refractivity contribution in [3.8, 4) is 5.75 Å². The third-order valence-corrected chi connectivity index (χ3v) is 4.41. The Bertz CT molecular complexity index is 780. The van der Waals surface area contributed by atoms with E-state index in [1.807, 2.05) is 54.4 Å². The number of hydrogen-bond acceptors (Lipinski definition) is 4. The van der Waals surface area contributed by atoms with Gasteiger partial charge in [0.15, 0.2) is 0 Å². The summed E-state index contributed by atoms with van der Waals surface area (Å²) in [6.45, 7) is 2.95. The molecule has 0 spiro atoms. The van der Waals surface area contributed by atoms with Gasteiger partial charge in [0.05, 0.1) is 6.54 Å². The zero-order chi connectivity index (χ0) is 19.2. The number of fused-ring (bicyclic) bond motifs is 1. The third kappa shape index (κ3) is 5.56. The first-order valence-electron chi connectivity index (χ1n) is 9.06. The molecule has 3 rings (SSSR count). The monoisotopic (exact) mass is 367 g/mol. The molecule has 27 heavy (non-hydrogen) atoms. The highest BCUT2D eigenvalue weighted by Gasteiger charge is 2.23. The third-order valence-electron chi connectivity index (χ3n) is 4.41. The standard InChI is InChI=1S/C21H25N3O3/c1-15(25)23-18-9-7-16(8-10-18)12-22-21(26)14-24(2)13-19-11-17-5-3-4-6-20(17)27-19/h3-10,19H,11-14H2,1-2H3,(H,22,26)(H,23,25)/t19-/m0/s1. The Hall–Kier alpha value is -2.86. The predicted octanol–water partition coefficient (Wildman–Crippen LogP) is 2.20. The maximum Gasteiger partial charge on any atom is 0.234 e. The number of nitrogens with zero attached hydrogens (tertiary/aromatic N) is 1. The number of likely N-dealkylation sites (N-methyl/N-ethyl adjacent to an activating group) is 1. The number of carbonyl (C=O) groups is 2. The van der Waals surface area contributed by atoms with Crippen LogP contribution in [-0.2, 0) is 22.6 Å². The first-order valence-corrected chi connectivity index (χ1v) is 9.06. The summed E-state index contributed by atoms with van der Waals surface area (Å²) < 4.78 is 5.92. The average molecular weight is 367 g/mol. The summed E-state index contributed by atoms with van der Waals surface area (Å²) in [5.74, 6) is 0.815. The molecule has 0 bridgehead atoms. The predicted molar refractivity (Wildman–Crippen MR) is 105 cm³/mol. The summed E-state index contributed by atoms with van der Waals surface area (Å²) in [4.78, 5) is 25.2. The van der Waals surface area contributed by atoms with Gasteiger partial charge in [0.1, 0.15) is 11.9 Å². The molecule has 0 aromatic heterocycles. The van der Waals surface area contributed by atoms with Gasteiger partial charge in [0.25, 0.3) is 0 Å². The zero-order valence-electron chi connectivity index (χ0n) is 15.7. The molecule has 2 aromatic rings. The number of rotatable bonds is 7. The Balaban J connectivity index is 1.39. The number of carbonyl (C=O) groups excluding carboxylic acids is 2. The van der Waals surface area contributed by atoms with Crippen molar-refractivity contribution in [2.45, 2.75) is 26.0 Å². The van der Waals surface area contributed by atoms with Crippen LogP contribution in [0.3, 0.4) is 0 Å². The van der Waals surface area contributed by atoms with Gasteiger partial charge >= 0.3 is 0 Å². The molecule has 1 heterocycles. The largest absolute Gasteiger partial charge is 0.488 e. The molecule has 142 valence electrons. The van der Waals surface area contributed by atoms with E-state index in [0.29, 0.717) is 19.6 Å². The molecule has 1 aliphatic rings. The van der Waals surface area contributed by atoms with Gasteiger partial charge in [-0.25, -0.2) is 0 Å². The van der Waals surface area contributed by atoms with Gasteiger partial charge in [-0.15, -0.1) is 0 Å². The first-order chi connectivity index (χ1) is 13.0. The van der Waals surface area contributed by atoms with E-state index >= 15 is 0 Å². The summed E-state index contributed by atoms with van der Waals surface area (Å²) in [6.07, 6.45) is 0.962. The van der Waals surface area contributed by atoms with E-state index < -0.39 is 0 Å². The van der Waals surface area contributed by atoms with Crippen LogP contribution in [0, 0.1) is 0 Å². The van der Waals surface area contributed by atoms with Crippen molar-refractivity contribution >= 4 is 17.5 Å². The minimum absolute atomic E-state index is 0.0288. The second-order valence-corrected chi connectivity index (χ2v) is 6.90. The maximum atomic E-state index is 12.2. The molecule has 2 aromatic carbocycles. The van der Waals surface area contributed by atoms with Crippen molar-refractivity contribution in [1.82, 2.24) is 10.2 Å². The van der Waals surface area contributed by atoms with Crippen molar-refractivity contribution in [3.63, 3.8) is 0 Å². The van der Waals surface area contributed by atoms with Crippen LogP contribution in [0.2, 0.25) is 0 Å². The summed E-state index contributed by atoms with van der Waals surface area (Å²) in [5, 5.41) is 5.64.